The van der Waals surface area contributed by atoms with Crippen LogP contribution in [0.25, 0.3) is 6.20 Å². The van der Waals surface area contributed by atoms with E-state index in [0.29, 0.717) is 5.76 Å². The van der Waals surface area contributed by atoms with Gasteiger partial charge >= 0.3 is 0 Å². The lowest BCUT2D eigenvalue weighted by Crippen LogP contribution is -2.24. The summed E-state index contributed by atoms with van der Waals surface area (Å²) >= 11 is 0. The molecule has 1 aromatic heterocycles. The third-order valence-corrected chi connectivity index (χ3v) is 1.36. The van der Waals surface area contributed by atoms with E-state index in [-0.39, 0.29) is 0 Å². The van der Waals surface area contributed by atoms with Crippen LogP contribution in [0, 0.1) is 6.92 Å². The van der Waals surface area contributed by atoms with Crippen molar-refractivity contribution in [3.05, 3.63) is 35.8 Å². The zero-order chi connectivity index (χ0) is 8.27. The third-order valence-electron chi connectivity index (χ3n) is 1.36. The Kier molecular flexibility index (Phi) is 2.26. The maximum absolute atomic E-state index is 8.92. The molecule has 0 bridgehead atoms. The monoisotopic (exact) mass is 150 g/mol. The van der Waals surface area contributed by atoms with E-state index in [0.717, 1.165) is 0 Å². The molecule has 1 aromatic rings. The Bertz CT molecular complexity index is 257. The van der Waals surface area contributed by atoms with Gasteiger partial charge in [0, 0.05) is 12.1 Å². The van der Waals surface area contributed by atoms with Crippen molar-refractivity contribution < 1.29 is 9.67 Å². The average Bonchev–Trinajstić information content (AvgIpc) is 1.93. The van der Waals surface area contributed by atoms with E-state index in [1.165, 1.54) is 5.56 Å². The molecule has 0 aliphatic carbocycles. The van der Waals surface area contributed by atoms with Crippen LogP contribution >= 0.6 is 0 Å². The van der Waals surface area contributed by atoms with Crippen molar-refractivity contribution in [2.45, 2.75) is 13.8 Å². The van der Waals surface area contributed by atoms with E-state index >= 15 is 0 Å². The second-order valence-corrected chi connectivity index (χ2v) is 2.59. The summed E-state index contributed by atoms with van der Waals surface area (Å²) in [4.78, 5) is 0. The smallest absolute Gasteiger partial charge is 0.211 e. The van der Waals surface area contributed by atoms with Gasteiger partial charge in [0.05, 0.1) is 0 Å². The minimum Gasteiger partial charge on any atom is -0.507 e. The number of hydrogen-bond donors (Lipinski definition) is 1. The molecule has 0 unspecified atom stereocenters. The first-order valence-electron chi connectivity index (χ1n) is 3.53. The van der Waals surface area contributed by atoms with Gasteiger partial charge in [-0.3, -0.25) is 0 Å². The minimum atomic E-state index is 0.304. The molecule has 1 rings (SSSR count). The number of aliphatic hydroxyl groups is 1. The lowest BCUT2D eigenvalue weighted by molar-refractivity contribution is -0.569. The van der Waals surface area contributed by atoms with Crippen molar-refractivity contribution in [1.82, 2.24) is 0 Å². The minimum absolute atomic E-state index is 0.304. The lowest BCUT2D eigenvalue weighted by Gasteiger charge is -1.88. The summed E-state index contributed by atoms with van der Waals surface area (Å²) in [6, 6.07) is 3.97. The first kappa shape index (κ1) is 7.79. The normalized spacial score (nSPS) is 11.6. The second kappa shape index (κ2) is 3.19. The summed E-state index contributed by atoms with van der Waals surface area (Å²) in [5.41, 5.74) is 1.21. The Morgan fingerprint density at radius 2 is 2.00 bits per heavy atom. The summed E-state index contributed by atoms with van der Waals surface area (Å²) in [5.74, 6) is 0.304. The SMILES string of the molecule is C/C(O)=C/[n+]1ccc(C)cc1. The maximum atomic E-state index is 8.92. The first-order chi connectivity index (χ1) is 5.18. The van der Waals surface area contributed by atoms with Gasteiger partial charge in [0.15, 0.2) is 18.2 Å². The largest absolute Gasteiger partial charge is 0.507 e. The second-order valence-electron chi connectivity index (χ2n) is 2.59. The fourth-order valence-corrected chi connectivity index (χ4v) is 0.814. The number of aryl methyl sites for hydroxylation is 1. The van der Waals surface area contributed by atoms with Crippen LogP contribution < -0.4 is 4.57 Å². The van der Waals surface area contributed by atoms with E-state index < -0.39 is 0 Å². The Morgan fingerprint density at radius 3 is 2.45 bits per heavy atom. The molecular weight excluding hydrogens is 138 g/mol. The van der Waals surface area contributed by atoms with Gasteiger partial charge in [-0.05, 0) is 19.4 Å². The number of pyridine rings is 1. The van der Waals surface area contributed by atoms with Crippen LogP contribution in [0.2, 0.25) is 0 Å². The van der Waals surface area contributed by atoms with Crippen LogP contribution in [0.1, 0.15) is 12.5 Å². The number of aromatic nitrogens is 1. The van der Waals surface area contributed by atoms with E-state index in [4.69, 9.17) is 5.11 Å². The first-order valence-corrected chi connectivity index (χ1v) is 3.53. The molecule has 0 saturated heterocycles. The quantitative estimate of drug-likeness (QED) is 0.477. The standard InChI is InChI=1S/C9H11NO/c1-8-3-5-10(6-4-8)7-9(2)11/h3-7H,1-2H3/p+1/b9-7-. The van der Waals surface area contributed by atoms with Crippen LogP contribution in [-0.2, 0) is 0 Å². The Morgan fingerprint density at radius 1 is 1.45 bits per heavy atom. The van der Waals surface area contributed by atoms with E-state index in [2.05, 4.69) is 0 Å². The molecular formula is C9H12NO+. The van der Waals surface area contributed by atoms with Crippen LogP contribution in [0.15, 0.2) is 30.3 Å². The van der Waals surface area contributed by atoms with Crippen LogP contribution in [0.5, 0.6) is 0 Å². The molecule has 11 heavy (non-hydrogen) atoms. The summed E-state index contributed by atoms with van der Waals surface area (Å²) in [7, 11) is 0. The van der Waals surface area contributed by atoms with Crippen molar-refractivity contribution >= 4 is 6.20 Å². The van der Waals surface area contributed by atoms with Gasteiger partial charge in [0.1, 0.15) is 0 Å². The Hall–Kier alpha value is -1.31. The van der Waals surface area contributed by atoms with Gasteiger partial charge in [-0.2, -0.15) is 4.57 Å². The summed E-state index contributed by atoms with van der Waals surface area (Å²) in [6.45, 7) is 3.67. The molecule has 0 aliphatic heterocycles. The zero-order valence-electron chi connectivity index (χ0n) is 6.78. The van der Waals surface area contributed by atoms with Crippen LogP contribution in [0.4, 0.5) is 0 Å². The maximum Gasteiger partial charge on any atom is 0.211 e. The van der Waals surface area contributed by atoms with Gasteiger partial charge in [-0.25, -0.2) is 0 Å². The van der Waals surface area contributed by atoms with Crippen molar-refractivity contribution in [1.29, 1.82) is 0 Å². The number of aliphatic hydroxyl groups excluding tert-OH is 1. The molecule has 0 aromatic carbocycles. The van der Waals surface area contributed by atoms with E-state index in [1.54, 1.807) is 13.1 Å². The number of rotatable bonds is 1. The highest BCUT2D eigenvalue weighted by Gasteiger charge is 1.94. The van der Waals surface area contributed by atoms with Crippen molar-refractivity contribution in [2.24, 2.45) is 0 Å². The fraction of sp³-hybridized carbons (Fsp3) is 0.222. The highest BCUT2D eigenvalue weighted by molar-refractivity contribution is 5.12. The lowest BCUT2D eigenvalue weighted by atomic mass is 10.3. The predicted octanol–water partition coefficient (Wildman–Crippen LogP) is 1.66. The van der Waals surface area contributed by atoms with E-state index in [9.17, 15) is 0 Å². The molecule has 0 atom stereocenters. The topological polar surface area (TPSA) is 24.1 Å². The fourth-order valence-electron chi connectivity index (χ4n) is 0.814. The molecule has 2 heteroatoms. The molecule has 0 amide bonds. The average molecular weight is 150 g/mol. The Balaban J connectivity index is 2.91. The number of nitrogens with zero attached hydrogens (tertiary/aromatic N) is 1. The number of hydrogen-bond acceptors (Lipinski definition) is 1. The van der Waals surface area contributed by atoms with Crippen LogP contribution in [-0.4, -0.2) is 5.11 Å². The van der Waals surface area contributed by atoms with Gasteiger partial charge in [-0.1, -0.05) is 0 Å². The van der Waals surface area contributed by atoms with Gasteiger partial charge in [0.25, 0.3) is 0 Å². The van der Waals surface area contributed by atoms with Crippen molar-refractivity contribution in [3.63, 3.8) is 0 Å². The summed E-state index contributed by atoms with van der Waals surface area (Å²) in [6.07, 6.45) is 5.45. The molecule has 0 spiro atoms. The molecule has 0 saturated carbocycles. The number of allylic oxidation sites excluding steroid dienone is 1. The van der Waals surface area contributed by atoms with Crippen molar-refractivity contribution in [2.75, 3.05) is 0 Å². The van der Waals surface area contributed by atoms with Gasteiger partial charge in [-0.15, -0.1) is 0 Å². The molecule has 1 N–H and O–H groups in total. The zero-order valence-corrected chi connectivity index (χ0v) is 6.78. The van der Waals surface area contributed by atoms with Crippen molar-refractivity contribution in [3.8, 4) is 0 Å². The third kappa shape index (κ3) is 2.42. The summed E-state index contributed by atoms with van der Waals surface area (Å²) < 4.78 is 1.81. The predicted molar refractivity (Wildman–Crippen MR) is 43.9 cm³/mol. The van der Waals surface area contributed by atoms with E-state index in [1.807, 2.05) is 36.0 Å². The molecule has 2 nitrogen and oxygen atoms in total. The molecule has 0 fully saturated rings. The molecule has 1 heterocycles. The highest BCUT2D eigenvalue weighted by Crippen LogP contribution is 1.90. The van der Waals surface area contributed by atoms with Gasteiger partial charge in [0.2, 0.25) is 6.20 Å². The highest BCUT2D eigenvalue weighted by atomic mass is 16.3. The van der Waals surface area contributed by atoms with Gasteiger partial charge < -0.3 is 5.11 Å². The molecule has 0 radical (unpaired) electrons. The molecule has 58 valence electrons. The summed E-state index contributed by atoms with van der Waals surface area (Å²) in [5, 5.41) is 8.92. The van der Waals surface area contributed by atoms with Crippen LogP contribution in [0.3, 0.4) is 0 Å². The Labute approximate surface area is 66.4 Å². The molecule has 0 aliphatic rings.